The number of rotatable bonds is 4. The second-order valence-corrected chi connectivity index (χ2v) is 4.48. The van der Waals surface area contributed by atoms with Crippen LogP contribution in [-0.4, -0.2) is 38.2 Å². The molecule has 0 aromatic heterocycles. The topological polar surface area (TPSA) is 72.9 Å². The van der Waals surface area contributed by atoms with Crippen molar-refractivity contribution in [3.8, 4) is 11.5 Å². The first kappa shape index (κ1) is 14.0. The molecule has 0 aliphatic carbocycles. The Morgan fingerprint density at radius 2 is 1.75 bits per heavy atom. The average Bonchev–Trinajstić information content (AvgIpc) is 2.75. The van der Waals surface area contributed by atoms with Gasteiger partial charge in [0.15, 0.2) is 23.1 Å². The molecular weight excluding hydrogens is 262 g/mol. The van der Waals surface area contributed by atoms with Crippen molar-refractivity contribution in [3.63, 3.8) is 0 Å². The maximum Gasteiger partial charge on any atom is 0.234 e. The van der Waals surface area contributed by atoms with Gasteiger partial charge in [-0.3, -0.25) is 14.4 Å². The summed E-state index contributed by atoms with van der Waals surface area (Å²) in [5.74, 6) is 0.108. The van der Waals surface area contributed by atoms with Crippen LogP contribution in [0.1, 0.15) is 23.7 Å². The fraction of sp³-hybridized carbons (Fsp3) is 0.357. The van der Waals surface area contributed by atoms with Crippen molar-refractivity contribution in [2.24, 2.45) is 0 Å². The molecule has 1 aliphatic heterocycles. The molecule has 0 unspecified atom stereocenters. The normalized spacial score (nSPS) is 14.7. The molecule has 1 saturated heterocycles. The van der Waals surface area contributed by atoms with Gasteiger partial charge in [0.2, 0.25) is 5.91 Å². The Kier molecular flexibility index (Phi) is 3.74. The van der Waals surface area contributed by atoms with Gasteiger partial charge >= 0.3 is 0 Å². The van der Waals surface area contributed by atoms with E-state index in [0.29, 0.717) is 22.7 Å². The summed E-state index contributed by atoms with van der Waals surface area (Å²) in [6.45, 7) is 1.38. The number of carbonyl (C=O) groups excluding carboxylic acids is 3. The third-order valence-corrected chi connectivity index (χ3v) is 3.16. The van der Waals surface area contributed by atoms with Crippen molar-refractivity contribution in [1.82, 2.24) is 0 Å². The molecule has 2 rings (SSSR count). The highest BCUT2D eigenvalue weighted by atomic mass is 16.5. The number of Topliss-reactive ketones (excluding diaryl/α,β-unsaturated/α-hetero) is 2. The number of ketones is 2. The highest BCUT2D eigenvalue weighted by molar-refractivity contribution is 6.17. The summed E-state index contributed by atoms with van der Waals surface area (Å²) in [5.41, 5.74) is 0.705. The van der Waals surface area contributed by atoms with Gasteiger partial charge in [-0.25, -0.2) is 0 Å². The summed E-state index contributed by atoms with van der Waals surface area (Å²) >= 11 is 0. The summed E-state index contributed by atoms with van der Waals surface area (Å²) in [4.78, 5) is 36.3. The molecule has 6 heteroatoms. The molecule has 1 amide bonds. The monoisotopic (exact) mass is 277 g/mol. The van der Waals surface area contributed by atoms with Gasteiger partial charge < -0.3 is 14.4 Å². The van der Waals surface area contributed by atoms with E-state index in [2.05, 4.69) is 0 Å². The molecular formula is C14H15NO5. The lowest BCUT2D eigenvalue weighted by Gasteiger charge is -2.20. The van der Waals surface area contributed by atoms with Crippen molar-refractivity contribution in [3.05, 3.63) is 17.7 Å². The van der Waals surface area contributed by atoms with Crippen LogP contribution >= 0.6 is 0 Å². The highest BCUT2D eigenvalue weighted by Gasteiger charge is 2.31. The van der Waals surface area contributed by atoms with Crippen LogP contribution in [0.25, 0.3) is 0 Å². The highest BCUT2D eigenvalue weighted by Crippen LogP contribution is 2.36. The lowest BCUT2D eigenvalue weighted by Crippen LogP contribution is -2.26. The van der Waals surface area contributed by atoms with Gasteiger partial charge in [0, 0.05) is 11.6 Å². The van der Waals surface area contributed by atoms with Gasteiger partial charge in [0.25, 0.3) is 0 Å². The maximum atomic E-state index is 11.8. The SMILES string of the molecule is COc1cc(C(C)=O)c(N2CC(=O)CC2=O)cc1OC. The molecule has 0 spiro atoms. The molecule has 0 N–H and O–H groups in total. The summed E-state index contributed by atoms with van der Waals surface area (Å²) in [6, 6.07) is 3.07. The second-order valence-electron chi connectivity index (χ2n) is 4.48. The molecule has 6 nitrogen and oxygen atoms in total. The van der Waals surface area contributed by atoms with E-state index in [1.54, 1.807) is 6.07 Å². The van der Waals surface area contributed by atoms with E-state index in [4.69, 9.17) is 9.47 Å². The van der Waals surface area contributed by atoms with Crippen molar-refractivity contribution < 1.29 is 23.9 Å². The van der Waals surface area contributed by atoms with E-state index in [1.807, 2.05) is 0 Å². The number of hydrogen-bond donors (Lipinski definition) is 0. The Labute approximate surface area is 116 Å². The van der Waals surface area contributed by atoms with Crippen LogP contribution in [0.2, 0.25) is 0 Å². The van der Waals surface area contributed by atoms with Crippen LogP contribution in [0.4, 0.5) is 5.69 Å². The van der Waals surface area contributed by atoms with E-state index in [1.165, 1.54) is 32.1 Å². The van der Waals surface area contributed by atoms with Gasteiger partial charge in [0.05, 0.1) is 32.9 Å². The number of ether oxygens (including phenoxy) is 2. The summed E-state index contributed by atoms with van der Waals surface area (Å²) < 4.78 is 10.3. The zero-order valence-corrected chi connectivity index (χ0v) is 11.6. The minimum absolute atomic E-state index is 0.0192. The Bertz CT molecular complexity index is 593. The molecule has 0 atom stereocenters. The minimum Gasteiger partial charge on any atom is -0.493 e. The number of amides is 1. The molecule has 1 aromatic carbocycles. The zero-order chi connectivity index (χ0) is 14.9. The molecule has 1 heterocycles. The Hall–Kier alpha value is -2.37. The lowest BCUT2D eigenvalue weighted by molar-refractivity contribution is -0.121. The molecule has 20 heavy (non-hydrogen) atoms. The van der Waals surface area contributed by atoms with Crippen molar-refractivity contribution in [1.29, 1.82) is 0 Å². The average molecular weight is 277 g/mol. The summed E-state index contributed by atoms with van der Waals surface area (Å²) in [5, 5.41) is 0. The number of benzene rings is 1. The van der Waals surface area contributed by atoms with E-state index < -0.39 is 0 Å². The summed E-state index contributed by atoms with van der Waals surface area (Å²) in [7, 11) is 2.93. The standard InChI is InChI=1S/C14H15NO5/c1-8(16)10-5-12(19-2)13(20-3)6-11(10)15-7-9(17)4-14(15)18/h5-6H,4,7H2,1-3H3. The predicted molar refractivity (Wildman–Crippen MR) is 71.5 cm³/mol. The second kappa shape index (κ2) is 5.32. The van der Waals surface area contributed by atoms with Crippen molar-refractivity contribution >= 4 is 23.2 Å². The zero-order valence-electron chi connectivity index (χ0n) is 11.6. The molecule has 1 aliphatic rings. The molecule has 1 fully saturated rings. The van der Waals surface area contributed by atoms with Crippen LogP contribution in [0, 0.1) is 0 Å². The first-order chi connectivity index (χ1) is 9.47. The summed E-state index contributed by atoms with van der Waals surface area (Å²) in [6.07, 6.45) is -0.133. The Morgan fingerprint density at radius 3 is 2.20 bits per heavy atom. The molecule has 106 valence electrons. The van der Waals surface area contributed by atoms with Gasteiger partial charge in [-0.1, -0.05) is 0 Å². The molecule has 0 saturated carbocycles. The number of hydrogen-bond acceptors (Lipinski definition) is 5. The maximum absolute atomic E-state index is 11.8. The largest absolute Gasteiger partial charge is 0.493 e. The van der Waals surface area contributed by atoms with Crippen LogP contribution in [0.5, 0.6) is 11.5 Å². The van der Waals surface area contributed by atoms with E-state index in [0.717, 1.165) is 0 Å². The third-order valence-electron chi connectivity index (χ3n) is 3.16. The van der Waals surface area contributed by atoms with Gasteiger partial charge in [0.1, 0.15) is 0 Å². The van der Waals surface area contributed by atoms with Crippen LogP contribution in [0.3, 0.4) is 0 Å². The molecule has 0 bridgehead atoms. The van der Waals surface area contributed by atoms with Crippen molar-refractivity contribution in [2.75, 3.05) is 25.7 Å². The Balaban J connectivity index is 2.58. The lowest BCUT2D eigenvalue weighted by atomic mass is 10.1. The fourth-order valence-corrected chi connectivity index (χ4v) is 2.18. The van der Waals surface area contributed by atoms with Crippen LogP contribution in [0.15, 0.2) is 12.1 Å². The minimum atomic E-state index is -0.315. The Morgan fingerprint density at radius 1 is 1.15 bits per heavy atom. The van der Waals surface area contributed by atoms with Crippen LogP contribution in [-0.2, 0) is 9.59 Å². The number of anilines is 1. The van der Waals surface area contributed by atoms with E-state index in [-0.39, 0.29) is 30.4 Å². The molecule has 0 radical (unpaired) electrons. The number of nitrogens with zero attached hydrogens (tertiary/aromatic N) is 1. The van der Waals surface area contributed by atoms with Gasteiger partial charge in [-0.15, -0.1) is 0 Å². The van der Waals surface area contributed by atoms with E-state index >= 15 is 0 Å². The first-order valence-corrected chi connectivity index (χ1v) is 6.07. The third kappa shape index (κ3) is 2.36. The smallest absolute Gasteiger partial charge is 0.234 e. The fourth-order valence-electron chi connectivity index (χ4n) is 2.18. The van der Waals surface area contributed by atoms with E-state index in [9.17, 15) is 14.4 Å². The van der Waals surface area contributed by atoms with Gasteiger partial charge in [-0.05, 0) is 13.0 Å². The number of carbonyl (C=O) groups is 3. The quantitative estimate of drug-likeness (QED) is 0.611. The number of methoxy groups -OCH3 is 2. The van der Waals surface area contributed by atoms with Crippen molar-refractivity contribution in [2.45, 2.75) is 13.3 Å². The molecule has 1 aromatic rings. The van der Waals surface area contributed by atoms with Gasteiger partial charge in [-0.2, -0.15) is 0 Å². The first-order valence-electron chi connectivity index (χ1n) is 6.07. The van der Waals surface area contributed by atoms with Crippen LogP contribution < -0.4 is 14.4 Å². The predicted octanol–water partition coefficient (Wildman–Crippen LogP) is 1.21.